The number of hydrogen-bond donors (Lipinski definition) is 3. The van der Waals surface area contributed by atoms with E-state index in [1.807, 2.05) is 50.2 Å². The van der Waals surface area contributed by atoms with Crippen molar-refractivity contribution in [2.45, 2.75) is 102 Å². The van der Waals surface area contributed by atoms with E-state index in [4.69, 9.17) is 15.5 Å². The highest BCUT2D eigenvalue weighted by Crippen LogP contribution is 2.46. The predicted molar refractivity (Wildman–Crippen MR) is 146 cm³/mol. The van der Waals surface area contributed by atoms with Gasteiger partial charge in [0.25, 0.3) is 5.91 Å². The van der Waals surface area contributed by atoms with Crippen LogP contribution >= 0.6 is 0 Å². The van der Waals surface area contributed by atoms with E-state index in [-0.39, 0.29) is 23.5 Å². The zero-order chi connectivity index (χ0) is 26.7. The summed E-state index contributed by atoms with van der Waals surface area (Å²) in [7, 11) is 0. The smallest absolute Gasteiger partial charge is 0.251 e. The lowest BCUT2D eigenvalue weighted by Crippen LogP contribution is -2.53. The highest BCUT2D eigenvalue weighted by Gasteiger charge is 2.44. The van der Waals surface area contributed by atoms with Crippen molar-refractivity contribution in [3.8, 4) is 5.75 Å². The number of ether oxygens (including phenoxy) is 1. The Morgan fingerprint density at radius 1 is 1.16 bits per heavy atom. The standard InChI is InChI=1S/C30H40N4O3/c1-7-30(6)16-18(3)34(28(31)33-30)23-14-17(2)20-13-12-19(15-22(20)23)27(36)32-25-21-10-8-9-11-24(21)37-29(4,5)26(25)35/h8-13,15,17-18,23,25-26,35H,7,14,16H2,1-6H3,(H2,31,33)(H,32,36)/t17-,18?,23-,25-,26+,30-/m1/s1. The van der Waals surface area contributed by atoms with Crippen LogP contribution in [0.3, 0.4) is 0 Å². The molecule has 1 unspecified atom stereocenters. The molecule has 1 amide bonds. The second-order valence-electron chi connectivity index (χ2n) is 11.9. The molecule has 6 atom stereocenters. The Labute approximate surface area is 220 Å². The predicted octanol–water partition coefficient (Wildman–Crippen LogP) is 4.82. The van der Waals surface area contributed by atoms with Gasteiger partial charge in [0, 0.05) is 17.2 Å². The topological polar surface area (TPSA) is 100 Å². The zero-order valence-corrected chi connectivity index (χ0v) is 22.8. The maximum Gasteiger partial charge on any atom is 0.251 e. The van der Waals surface area contributed by atoms with Crippen LogP contribution in [0.1, 0.15) is 106 Å². The molecule has 0 saturated carbocycles. The van der Waals surface area contributed by atoms with E-state index in [0.717, 1.165) is 30.4 Å². The summed E-state index contributed by atoms with van der Waals surface area (Å²) in [5.74, 6) is 1.41. The van der Waals surface area contributed by atoms with E-state index < -0.39 is 17.7 Å². The fraction of sp³-hybridized carbons (Fsp3) is 0.533. The summed E-state index contributed by atoms with van der Waals surface area (Å²) >= 11 is 0. The Hall–Kier alpha value is -3.06. The van der Waals surface area contributed by atoms with Crippen LogP contribution in [0, 0.1) is 0 Å². The number of hydrogen-bond acceptors (Lipinski definition) is 6. The van der Waals surface area contributed by atoms with Crippen molar-refractivity contribution in [3.63, 3.8) is 0 Å². The molecule has 2 heterocycles. The number of amides is 1. The molecular weight excluding hydrogens is 464 g/mol. The summed E-state index contributed by atoms with van der Waals surface area (Å²) in [6.45, 7) is 12.5. The van der Waals surface area contributed by atoms with Gasteiger partial charge < -0.3 is 25.8 Å². The monoisotopic (exact) mass is 504 g/mol. The number of para-hydroxylation sites is 1. The number of nitrogens with one attached hydrogen (secondary N) is 1. The van der Waals surface area contributed by atoms with Crippen molar-refractivity contribution in [2.24, 2.45) is 10.7 Å². The fourth-order valence-corrected chi connectivity index (χ4v) is 6.46. The molecular formula is C30H40N4O3. The van der Waals surface area contributed by atoms with Crippen molar-refractivity contribution in [1.29, 1.82) is 0 Å². The molecule has 0 fully saturated rings. The van der Waals surface area contributed by atoms with Gasteiger partial charge >= 0.3 is 0 Å². The van der Waals surface area contributed by atoms with E-state index in [1.54, 1.807) is 0 Å². The number of nitrogens with two attached hydrogens (primary N) is 1. The van der Waals surface area contributed by atoms with Gasteiger partial charge in [-0.1, -0.05) is 38.1 Å². The Bertz CT molecular complexity index is 1240. The van der Waals surface area contributed by atoms with Crippen LogP contribution in [0.2, 0.25) is 0 Å². The van der Waals surface area contributed by atoms with E-state index in [2.05, 4.69) is 44.0 Å². The second kappa shape index (κ2) is 9.05. The number of aliphatic hydroxyl groups excluding tert-OH is 1. The molecule has 7 nitrogen and oxygen atoms in total. The summed E-state index contributed by atoms with van der Waals surface area (Å²) in [6, 6.07) is 13.3. The van der Waals surface area contributed by atoms with Gasteiger partial charge in [0.1, 0.15) is 17.5 Å². The van der Waals surface area contributed by atoms with Crippen molar-refractivity contribution < 1.29 is 14.6 Å². The number of benzene rings is 2. The van der Waals surface area contributed by atoms with Gasteiger partial charge in [-0.05, 0) is 82.2 Å². The van der Waals surface area contributed by atoms with Crippen LogP contribution in [-0.2, 0) is 0 Å². The van der Waals surface area contributed by atoms with Crippen molar-refractivity contribution >= 4 is 11.9 Å². The molecule has 0 aromatic heterocycles. The molecule has 0 radical (unpaired) electrons. The summed E-state index contributed by atoms with van der Waals surface area (Å²) in [6.07, 6.45) is 1.93. The first-order valence-electron chi connectivity index (χ1n) is 13.5. The van der Waals surface area contributed by atoms with Gasteiger partial charge in [0.05, 0.1) is 17.6 Å². The SMILES string of the molecule is CC[C@]1(C)CC(C)N([C@@H]2C[C@@H](C)c3ccc(C(=O)N[C@@H]4c5ccccc5OC(C)(C)[C@H]4O)cc32)C(N)=N1. The normalized spacial score (nSPS) is 32.1. The highest BCUT2D eigenvalue weighted by molar-refractivity contribution is 5.95. The van der Waals surface area contributed by atoms with Gasteiger partial charge in [0.15, 0.2) is 5.96 Å². The number of fused-ring (bicyclic) bond motifs is 2. The van der Waals surface area contributed by atoms with E-state index in [9.17, 15) is 9.90 Å². The van der Waals surface area contributed by atoms with E-state index in [0.29, 0.717) is 23.2 Å². The number of carbonyl (C=O) groups excluding carboxylic acids is 1. The first-order chi connectivity index (χ1) is 17.4. The summed E-state index contributed by atoms with van der Waals surface area (Å²) < 4.78 is 6.02. The van der Waals surface area contributed by atoms with Crippen LogP contribution in [0.5, 0.6) is 5.75 Å². The van der Waals surface area contributed by atoms with Crippen LogP contribution in [-0.4, -0.2) is 45.2 Å². The van der Waals surface area contributed by atoms with Crippen molar-refractivity contribution in [2.75, 3.05) is 0 Å². The Morgan fingerprint density at radius 2 is 1.89 bits per heavy atom. The molecule has 0 saturated heterocycles. The minimum atomic E-state index is -0.897. The number of aliphatic imine (C=N–C) groups is 1. The largest absolute Gasteiger partial charge is 0.485 e. The summed E-state index contributed by atoms with van der Waals surface area (Å²) in [4.78, 5) is 20.7. The lowest BCUT2D eigenvalue weighted by Gasteiger charge is -2.44. The van der Waals surface area contributed by atoms with Gasteiger partial charge in [-0.25, -0.2) is 4.99 Å². The summed E-state index contributed by atoms with van der Waals surface area (Å²) in [5.41, 5.74) is 9.34. The highest BCUT2D eigenvalue weighted by atomic mass is 16.5. The third-order valence-corrected chi connectivity index (χ3v) is 8.71. The molecule has 5 rings (SSSR count). The number of rotatable bonds is 4. The maximum atomic E-state index is 13.6. The quantitative estimate of drug-likeness (QED) is 0.555. The van der Waals surface area contributed by atoms with Crippen molar-refractivity contribution in [3.05, 3.63) is 64.7 Å². The molecule has 4 N–H and O–H groups in total. The Kier molecular flexibility index (Phi) is 6.26. The number of nitrogens with zero attached hydrogens (tertiary/aromatic N) is 2. The molecule has 2 aromatic carbocycles. The molecule has 2 aliphatic heterocycles. The molecule has 3 aliphatic rings. The maximum absolute atomic E-state index is 13.6. The minimum absolute atomic E-state index is 0.0752. The summed E-state index contributed by atoms with van der Waals surface area (Å²) in [5, 5.41) is 14.2. The van der Waals surface area contributed by atoms with E-state index >= 15 is 0 Å². The molecule has 1 aliphatic carbocycles. The Morgan fingerprint density at radius 3 is 2.59 bits per heavy atom. The van der Waals surface area contributed by atoms with Crippen LogP contribution in [0.4, 0.5) is 0 Å². The average Bonchev–Trinajstić information content (AvgIpc) is 3.16. The minimum Gasteiger partial charge on any atom is -0.485 e. The van der Waals surface area contributed by atoms with Crippen LogP contribution in [0.15, 0.2) is 47.5 Å². The molecule has 0 spiro atoms. The molecule has 7 heteroatoms. The number of guanidine groups is 1. The van der Waals surface area contributed by atoms with E-state index in [1.165, 1.54) is 5.56 Å². The fourth-order valence-electron chi connectivity index (χ4n) is 6.46. The Balaban J connectivity index is 1.45. The van der Waals surface area contributed by atoms with Crippen molar-refractivity contribution in [1.82, 2.24) is 10.2 Å². The lowest BCUT2D eigenvalue weighted by atomic mass is 9.86. The van der Waals surface area contributed by atoms with Gasteiger partial charge in [0.2, 0.25) is 0 Å². The number of aliphatic hydroxyl groups is 1. The third-order valence-electron chi connectivity index (χ3n) is 8.71. The molecule has 198 valence electrons. The van der Waals surface area contributed by atoms with Crippen LogP contribution in [0.25, 0.3) is 0 Å². The van der Waals surface area contributed by atoms with Gasteiger partial charge in [-0.3, -0.25) is 4.79 Å². The molecule has 37 heavy (non-hydrogen) atoms. The third kappa shape index (κ3) is 4.37. The van der Waals surface area contributed by atoms with Gasteiger partial charge in [-0.15, -0.1) is 0 Å². The number of carbonyl (C=O) groups is 1. The second-order valence-corrected chi connectivity index (χ2v) is 11.9. The molecule has 2 aromatic rings. The van der Waals surface area contributed by atoms with Crippen LogP contribution < -0.4 is 15.8 Å². The molecule has 0 bridgehead atoms. The van der Waals surface area contributed by atoms with Gasteiger partial charge in [-0.2, -0.15) is 0 Å². The lowest BCUT2D eigenvalue weighted by molar-refractivity contribution is -0.0627. The first kappa shape index (κ1) is 25.6. The first-order valence-corrected chi connectivity index (χ1v) is 13.5. The zero-order valence-electron chi connectivity index (χ0n) is 22.8. The average molecular weight is 505 g/mol.